The second kappa shape index (κ2) is 2.73. The van der Waals surface area contributed by atoms with E-state index in [4.69, 9.17) is 0 Å². The highest BCUT2D eigenvalue weighted by Crippen LogP contribution is 2.24. The fraction of sp³-hybridized carbons (Fsp3) is 0.556. The van der Waals surface area contributed by atoms with Crippen LogP contribution in [0, 0.1) is 12.8 Å². The molecule has 0 bridgehead atoms. The van der Waals surface area contributed by atoms with Gasteiger partial charge in [0.25, 0.3) is 0 Å². The van der Waals surface area contributed by atoms with Crippen LogP contribution in [0.15, 0.2) is 0 Å². The molecular weight excluding hydrogens is 152 g/mol. The third-order valence-electron chi connectivity index (χ3n) is 2.57. The first-order valence-electron chi connectivity index (χ1n) is 4.29. The molecule has 1 aromatic heterocycles. The van der Waals surface area contributed by atoms with E-state index in [1.807, 2.05) is 6.92 Å². The summed E-state index contributed by atoms with van der Waals surface area (Å²) in [6.45, 7) is 2.03. The predicted octanol–water partition coefficient (Wildman–Crippen LogP) is 1.02. The van der Waals surface area contributed by atoms with Gasteiger partial charge >= 0.3 is 0 Å². The van der Waals surface area contributed by atoms with Crippen LogP contribution in [0.2, 0.25) is 0 Å². The van der Waals surface area contributed by atoms with Crippen LogP contribution in [0.4, 0.5) is 0 Å². The molecule has 0 amide bonds. The molecule has 1 aromatic rings. The first-order valence-corrected chi connectivity index (χ1v) is 4.29. The number of hydrogen-bond acceptors (Lipinski definition) is 2. The summed E-state index contributed by atoms with van der Waals surface area (Å²) in [5, 5.41) is 7.13. The molecule has 0 saturated heterocycles. The zero-order valence-electron chi connectivity index (χ0n) is 7.13. The van der Waals surface area contributed by atoms with Crippen LogP contribution >= 0.6 is 0 Å². The van der Waals surface area contributed by atoms with Crippen LogP contribution in [0.5, 0.6) is 0 Å². The lowest BCUT2D eigenvalue weighted by Gasteiger charge is -2.15. The lowest BCUT2D eigenvalue weighted by Crippen LogP contribution is -2.14. The lowest BCUT2D eigenvalue weighted by atomic mass is 9.88. The highest BCUT2D eigenvalue weighted by molar-refractivity contribution is 5.55. The molecule has 1 atom stereocenters. The average Bonchev–Trinajstić information content (AvgIpc) is 2.47. The Kier molecular flexibility index (Phi) is 1.71. The number of aromatic nitrogens is 2. The Labute approximate surface area is 71.2 Å². The minimum Gasteiger partial charge on any atom is -0.303 e. The Bertz CT molecular complexity index is 303. The van der Waals surface area contributed by atoms with Crippen LogP contribution in [0.1, 0.15) is 23.4 Å². The van der Waals surface area contributed by atoms with Crippen molar-refractivity contribution >= 4 is 6.29 Å². The van der Waals surface area contributed by atoms with Gasteiger partial charge in [0.05, 0.1) is 5.69 Å². The standard InChI is InChI=1S/C9H12N2O/c1-6-8-3-2-7(5-12)4-9(8)11-10-6/h5,7H,2-4H2,1H3,(H,10,11). The van der Waals surface area contributed by atoms with E-state index >= 15 is 0 Å². The Balaban J connectivity index is 2.30. The minimum absolute atomic E-state index is 0.195. The van der Waals surface area contributed by atoms with Crippen molar-refractivity contribution in [3.63, 3.8) is 0 Å². The first-order chi connectivity index (χ1) is 5.81. The molecule has 12 heavy (non-hydrogen) atoms. The van der Waals surface area contributed by atoms with Crippen molar-refractivity contribution < 1.29 is 4.79 Å². The number of nitrogens with zero attached hydrogens (tertiary/aromatic N) is 1. The molecule has 1 N–H and O–H groups in total. The summed E-state index contributed by atoms with van der Waals surface area (Å²) >= 11 is 0. The summed E-state index contributed by atoms with van der Waals surface area (Å²) in [7, 11) is 0. The molecule has 1 aliphatic carbocycles. The average molecular weight is 164 g/mol. The number of H-pyrrole nitrogens is 1. The highest BCUT2D eigenvalue weighted by atomic mass is 16.1. The molecule has 0 aliphatic heterocycles. The Morgan fingerprint density at radius 3 is 3.25 bits per heavy atom. The van der Waals surface area contributed by atoms with Crippen molar-refractivity contribution in [2.24, 2.45) is 5.92 Å². The minimum atomic E-state index is 0.195. The van der Waals surface area contributed by atoms with Crippen LogP contribution in [0.25, 0.3) is 0 Å². The smallest absolute Gasteiger partial charge is 0.123 e. The number of rotatable bonds is 1. The number of fused-ring (bicyclic) bond motifs is 1. The van der Waals surface area contributed by atoms with E-state index in [1.165, 1.54) is 5.56 Å². The van der Waals surface area contributed by atoms with E-state index in [2.05, 4.69) is 10.2 Å². The van der Waals surface area contributed by atoms with Gasteiger partial charge in [-0.25, -0.2) is 0 Å². The molecule has 3 nitrogen and oxygen atoms in total. The summed E-state index contributed by atoms with van der Waals surface area (Å²) < 4.78 is 0. The number of carbonyl (C=O) groups excluding carboxylic acids is 1. The van der Waals surface area contributed by atoms with E-state index in [0.717, 1.165) is 36.9 Å². The number of nitrogens with one attached hydrogen (secondary N) is 1. The number of hydrogen-bond donors (Lipinski definition) is 1. The topological polar surface area (TPSA) is 45.8 Å². The van der Waals surface area contributed by atoms with Crippen LogP contribution in [-0.4, -0.2) is 16.5 Å². The van der Waals surface area contributed by atoms with E-state index in [9.17, 15) is 4.79 Å². The van der Waals surface area contributed by atoms with E-state index in [0.29, 0.717) is 0 Å². The van der Waals surface area contributed by atoms with Gasteiger partial charge in [-0.2, -0.15) is 5.10 Å². The predicted molar refractivity (Wildman–Crippen MR) is 44.9 cm³/mol. The molecule has 0 spiro atoms. The summed E-state index contributed by atoms with van der Waals surface area (Å²) in [4.78, 5) is 10.5. The summed E-state index contributed by atoms with van der Waals surface area (Å²) in [5.41, 5.74) is 3.58. The van der Waals surface area contributed by atoms with Gasteiger partial charge in [0.1, 0.15) is 6.29 Å². The number of aldehydes is 1. The second-order valence-corrected chi connectivity index (χ2v) is 3.41. The number of aryl methyl sites for hydroxylation is 1. The zero-order valence-corrected chi connectivity index (χ0v) is 7.13. The van der Waals surface area contributed by atoms with Crippen molar-refractivity contribution in [1.29, 1.82) is 0 Å². The van der Waals surface area contributed by atoms with Gasteiger partial charge in [-0.15, -0.1) is 0 Å². The fourth-order valence-electron chi connectivity index (χ4n) is 1.80. The normalized spacial score (nSPS) is 21.9. The largest absolute Gasteiger partial charge is 0.303 e. The van der Waals surface area contributed by atoms with Gasteiger partial charge < -0.3 is 4.79 Å². The molecule has 0 saturated carbocycles. The Hall–Kier alpha value is -1.12. The molecule has 1 unspecified atom stereocenters. The molecule has 0 radical (unpaired) electrons. The highest BCUT2D eigenvalue weighted by Gasteiger charge is 2.21. The van der Waals surface area contributed by atoms with E-state index in [1.54, 1.807) is 0 Å². The van der Waals surface area contributed by atoms with E-state index in [-0.39, 0.29) is 5.92 Å². The van der Waals surface area contributed by atoms with Gasteiger partial charge in [-0.05, 0) is 25.3 Å². The lowest BCUT2D eigenvalue weighted by molar-refractivity contribution is -0.111. The molecule has 1 heterocycles. The number of carbonyl (C=O) groups is 1. The van der Waals surface area contributed by atoms with Gasteiger partial charge in [-0.3, -0.25) is 5.10 Å². The monoisotopic (exact) mass is 164 g/mol. The van der Waals surface area contributed by atoms with Crippen molar-refractivity contribution in [1.82, 2.24) is 10.2 Å². The van der Waals surface area contributed by atoms with Crippen molar-refractivity contribution in [3.05, 3.63) is 17.0 Å². The third-order valence-corrected chi connectivity index (χ3v) is 2.57. The summed E-state index contributed by atoms with van der Waals surface area (Å²) in [6.07, 6.45) is 3.86. The quantitative estimate of drug-likeness (QED) is 0.630. The van der Waals surface area contributed by atoms with E-state index < -0.39 is 0 Å². The molecular formula is C9H12N2O. The second-order valence-electron chi connectivity index (χ2n) is 3.41. The molecule has 64 valence electrons. The molecule has 1 aliphatic rings. The Morgan fingerprint density at radius 2 is 2.50 bits per heavy atom. The third kappa shape index (κ3) is 1.05. The molecule has 0 fully saturated rings. The maximum absolute atomic E-state index is 10.5. The Morgan fingerprint density at radius 1 is 1.67 bits per heavy atom. The van der Waals surface area contributed by atoms with Crippen molar-refractivity contribution in [3.8, 4) is 0 Å². The maximum Gasteiger partial charge on any atom is 0.123 e. The molecule has 0 aromatic carbocycles. The van der Waals surface area contributed by atoms with Gasteiger partial charge in [0.15, 0.2) is 0 Å². The maximum atomic E-state index is 10.5. The zero-order chi connectivity index (χ0) is 8.55. The summed E-state index contributed by atoms with van der Waals surface area (Å²) in [5.74, 6) is 0.195. The first kappa shape index (κ1) is 7.53. The van der Waals surface area contributed by atoms with Gasteiger partial charge in [0.2, 0.25) is 0 Å². The summed E-state index contributed by atoms with van der Waals surface area (Å²) in [6, 6.07) is 0. The van der Waals surface area contributed by atoms with Crippen molar-refractivity contribution in [2.75, 3.05) is 0 Å². The van der Waals surface area contributed by atoms with Gasteiger partial charge in [-0.1, -0.05) is 0 Å². The van der Waals surface area contributed by atoms with Gasteiger partial charge in [0, 0.05) is 18.0 Å². The SMILES string of the molecule is Cc1[nH]nc2c1CCC(C=O)C2. The number of aromatic amines is 1. The van der Waals surface area contributed by atoms with Crippen LogP contribution in [0.3, 0.4) is 0 Å². The van der Waals surface area contributed by atoms with Crippen molar-refractivity contribution in [2.45, 2.75) is 26.2 Å². The fourth-order valence-corrected chi connectivity index (χ4v) is 1.80. The molecule has 2 rings (SSSR count). The van der Waals surface area contributed by atoms with Crippen LogP contribution < -0.4 is 0 Å². The molecule has 3 heteroatoms. The van der Waals surface area contributed by atoms with Crippen LogP contribution in [-0.2, 0) is 17.6 Å².